The maximum absolute atomic E-state index is 12.7. The summed E-state index contributed by atoms with van der Waals surface area (Å²) in [6.07, 6.45) is 0.872. The Balaban J connectivity index is 1.48. The van der Waals surface area contributed by atoms with E-state index in [1.807, 2.05) is 0 Å². The standard InChI is InChI=1S/C15H15Br2N3O4/c1-5-2-8(19-24-5)18-9(21)4-20-14(22)10-6-3-7(11(10)15(20)23)13(17)12(6)16/h2,6-7,10-13H,3-4H2,1H3,(H,18,19,21)/t6-,7-,10-,11+,12-,13+/m1/s1. The van der Waals surface area contributed by atoms with Crippen molar-refractivity contribution in [3.8, 4) is 0 Å². The van der Waals surface area contributed by atoms with E-state index in [1.165, 1.54) is 0 Å². The van der Waals surface area contributed by atoms with E-state index in [0.29, 0.717) is 5.76 Å². The van der Waals surface area contributed by atoms with Crippen LogP contribution in [0.25, 0.3) is 0 Å². The minimum Gasteiger partial charge on any atom is -0.360 e. The fraction of sp³-hybridized carbons (Fsp3) is 0.600. The van der Waals surface area contributed by atoms with Gasteiger partial charge in [-0.2, -0.15) is 0 Å². The topological polar surface area (TPSA) is 92.5 Å². The first kappa shape index (κ1) is 16.3. The summed E-state index contributed by atoms with van der Waals surface area (Å²) in [6, 6.07) is 1.57. The molecule has 0 spiro atoms. The Labute approximate surface area is 154 Å². The van der Waals surface area contributed by atoms with Gasteiger partial charge in [-0.15, -0.1) is 0 Å². The van der Waals surface area contributed by atoms with Gasteiger partial charge in [-0.25, -0.2) is 0 Å². The van der Waals surface area contributed by atoms with Crippen molar-refractivity contribution in [1.82, 2.24) is 10.1 Å². The number of hydrogen-bond acceptors (Lipinski definition) is 5. The van der Waals surface area contributed by atoms with Crippen molar-refractivity contribution in [2.24, 2.45) is 23.7 Å². The number of anilines is 1. The van der Waals surface area contributed by atoms with Gasteiger partial charge in [0, 0.05) is 15.7 Å². The van der Waals surface area contributed by atoms with Crippen LogP contribution >= 0.6 is 31.9 Å². The summed E-state index contributed by atoms with van der Waals surface area (Å²) >= 11 is 7.27. The quantitative estimate of drug-likeness (QED) is 0.547. The van der Waals surface area contributed by atoms with Gasteiger partial charge in [-0.3, -0.25) is 19.3 Å². The number of imide groups is 1. The smallest absolute Gasteiger partial charge is 0.245 e. The summed E-state index contributed by atoms with van der Waals surface area (Å²) in [7, 11) is 0. The zero-order valence-electron chi connectivity index (χ0n) is 12.7. The summed E-state index contributed by atoms with van der Waals surface area (Å²) in [5.74, 6) is -0.386. The Kier molecular flexibility index (Phi) is 3.83. The van der Waals surface area contributed by atoms with Crippen molar-refractivity contribution in [1.29, 1.82) is 0 Å². The molecule has 0 unspecified atom stereocenters. The van der Waals surface area contributed by atoms with Gasteiger partial charge < -0.3 is 9.84 Å². The average molecular weight is 461 g/mol. The lowest BCUT2D eigenvalue weighted by atomic mass is 9.81. The minimum absolute atomic E-state index is 0.145. The molecule has 4 rings (SSSR count). The molecule has 1 N–H and O–H groups in total. The van der Waals surface area contributed by atoms with Crippen LogP contribution < -0.4 is 5.32 Å². The molecule has 3 aliphatic rings. The predicted octanol–water partition coefficient (Wildman–Crippen LogP) is 1.70. The Morgan fingerprint density at radius 2 is 1.88 bits per heavy atom. The average Bonchev–Trinajstić information content (AvgIpc) is 3.23. The molecule has 1 aromatic heterocycles. The van der Waals surface area contributed by atoms with Crippen LogP contribution in [0.15, 0.2) is 10.6 Å². The lowest BCUT2D eigenvalue weighted by Gasteiger charge is -2.28. The van der Waals surface area contributed by atoms with E-state index in [2.05, 4.69) is 42.3 Å². The van der Waals surface area contributed by atoms with E-state index in [1.54, 1.807) is 13.0 Å². The van der Waals surface area contributed by atoms with Crippen molar-refractivity contribution in [3.63, 3.8) is 0 Å². The zero-order chi connectivity index (χ0) is 17.2. The molecular weight excluding hydrogens is 446 g/mol. The molecule has 1 aromatic rings. The SMILES string of the molecule is Cc1cc(NC(=O)CN2C(=O)[C@@H]3[C@H]4C[C@@H]([C@H](Br)[C@@H]4Br)[C@@H]3C2=O)no1. The summed E-state index contributed by atoms with van der Waals surface area (Å²) < 4.78 is 4.88. The van der Waals surface area contributed by atoms with Gasteiger partial charge in [0.2, 0.25) is 17.7 Å². The number of likely N-dealkylation sites (tertiary alicyclic amines) is 1. The predicted molar refractivity (Wildman–Crippen MR) is 90.6 cm³/mol. The third-order valence-corrected chi connectivity index (χ3v) is 8.48. The molecule has 6 atom stereocenters. The number of fused-ring (bicyclic) bond motifs is 5. The number of amides is 3. The normalized spacial score (nSPS) is 37.2. The Morgan fingerprint density at radius 1 is 1.29 bits per heavy atom. The molecule has 24 heavy (non-hydrogen) atoms. The van der Waals surface area contributed by atoms with Crippen LogP contribution in [0, 0.1) is 30.6 Å². The van der Waals surface area contributed by atoms with E-state index < -0.39 is 5.91 Å². The van der Waals surface area contributed by atoms with Crippen molar-refractivity contribution < 1.29 is 18.9 Å². The van der Waals surface area contributed by atoms with Gasteiger partial charge in [-0.1, -0.05) is 37.0 Å². The van der Waals surface area contributed by atoms with Crippen LogP contribution in [-0.2, 0) is 14.4 Å². The van der Waals surface area contributed by atoms with Gasteiger partial charge >= 0.3 is 0 Å². The lowest BCUT2D eigenvalue weighted by molar-refractivity contribution is -0.143. The molecule has 2 aliphatic carbocycles. The van der Waals surface area contributed by atoms with E-state index in [4.69, 9.17) is 4.52 Å². The molecule has 2 heterocycles. The molecule has 3 fully saturated rings. The number of nitrogens with one attached hydrogen (secondary N) is 1. The van der Waals surface area contributed by atoms with Gasteiger partial charge in [0.15, 0.2) is 5.82 Å². The van der Waals surface area contributed by atoms with Gasteiger partial charge in [-0.05, 0) is 25.2 Å². The van der Waals surface area contributed by atoms with E-state index in [0.717, 1.165) is 11.3 Å². The highest BCUT2D eigenvalue weighted by atomic mass is 79.9. The zero-order valence-corrected chi connectivity index (χ0v) is 15.9. The first-order valence-corrected chi connectivity index (χ1v) is 9.58. The van der Waals surface area contributed by atoms with Crippen LogP contribution in [0.2, 0.25) is 0 Å². The van der Waals surface area contributed by atoms with Gasteiger partial charge in [0.05, 0.1) is 11.8 Å². The highest BCUT2D eigenvalue weighted by Crippen LogP contribution is 2.60. The maximum atomic E-state index is 12.7. The van der Waals surface area contributed by atoms with Crippen molar-refractivity contribution >= 4 is 55.4 Å². The van der Waals surface area contributed by atoms with Crippen LogP contribution in [0.1, 0.15) is 12.2 Å². The lowest BCUT2D eigenvalue weighted by Crippen LogP contribution is -2.39. The van der Waals surface area contributed by atoms with Crippen LogP contribution in [0.3, 0.4) is 0 Å². The number of hydrogen-bond donors (Lipinski definition) is 1. The number of halogens is 2. The molecule has 2 bridgehead atoms. The number of aryl methyl sites for hydroxylation is 1. The summed E-state index contributed by atoms with van der Waals surface area (Å²) in [6.45, 7) is 1.43. The number of alkyl halides is 2. The Morgan fingerprint density at radius 3 is 2.38 bits per heavy atom. The monoisotopic (exact) mass is 459 g/mol. The van der Waals surface area contributed by atoms with E-state index >= 15 is 0 Å². The third-order valence-electron chi connectivity index (χ3n) is 5.28. The highest BCUT2D eigenvalue weighted by molar-refractivity contribution is 9.12. The first-order chi connectivity index (χ1) is 11.4. The second-order valence-corrected chi connectivity index (χ2v) is 8.75. The molecular formula is C15H15Br2N3O4. The maximum Gasteiger partial charge on any atom is 0.245 e. The fourth-order valence-corrected chi connectivity index (χ4v) is 6.19. The number of nitrogens with zero attached hydrogens (tertiary/aromatic N) is 2. The molecule has 2 saturated carbocycles. The molecule has 7 nitrogen and oxygen atoms in total. The van der Waals surface area contributed by atoms with Crippen molar-refractivity contribution in [3.05, 3.63) is 11.8 Å². The van der Waals surface area contributed by atoms with Crippen LogP contribution in [0.5, 0.6) is 0 Å². The van der Waals surface area contributed by atoms with Gasteiger partial charge in [0.1, 0.15) is 12.3 Å². The number of aromatic nitrogens is 1. The molecule has 9 heteroatoms. The van der Waals surface area contributed by atoms with E-state index in [9.17, 15) is 14.4 Å². The molecule has 128 valence electrons. The molecule has 1 aliphatic heterocycles. The Bertz CT molecular complexity index is 704. The summed E-state index contributed by atoms with van der Waals surface area (Å²) in [4.78, 5) is 39.0. The van der Waals surface area contributed by atoms with Crippen molar-refractivity contribution in [2.45, 2.75) is 23.0 Å². The summed E-state index contributed by atoms with van der Waals surface area (Å²) in [5, 5.41) is 6.22. The minimum atomic E-state index is -0.455. The largest absolute Gasteiger partial charge is 0.360 e. The molecule has 0 radical (unpaired) electrons. The first-order valence-electron chi connectivity index (χ1n) is 7.75. The third kappa shape index (κ3) is 2.28. The van der Waals surface area contributed by atoms with Crippen molar-refractivity contribution in [2.75, 3.05) is 11.9 Å². The number of carbonyl (C=O) groups excluding carboxylic acids is 3. The van der Waals surface area contributed by atoms with Crippen LogP contribution in [-0.4, -0.2) is 44.0 Å². The molecule has 3 amide bonds. The summed E-state index contributed by atoms with van der Waals surface area (Å²) in [5.41, 5.74) is 0. The number of carbonyl (C=O) groups is 3. The van der Waals surface area contributed by atoms with E-state index in [-0.39, 0.29) is 57.5 Å². The molecule has 0 aromatic carbocycles. The second-order valence-electron chi connectivity index (χ2n) is 6.64. The molecule has 1 saturated heterocycles. The fourth-order valence-electron chi connectivity index (χ4n) is 4.32. The highest BCUT2D eigenvalue weighted by Gasteiger charge is 2.66. The Hall–Kier alpha value is -1.22. The number of rotatable bonds is 3. The van der Waals surface area contributed by atoms with Crippen LogP contribution in [0.4, 0.5) is 5.82 Å². The second kappa shape index (κ2) is 5.66. The van der Waals surface area contributed by atoms with Gasteiger partial charge in [0.25, 0.3) is 0 Å².